The SMILES string of the molecule is Cc1cc(N(CCOCC(C)OCC(C)OCC(C)O)CCOCC(C)OCC(C)OCC(C)O)ccc1/N=N/c1sc(C#N)c(C)c1C#N. The molecule has 0 spiro atoms. The predicted octanol–water partition coefficient (Wildman–Crippen LogP) is 5.75. The number of thiophene rings is 1. The van der Waals surface area contributed by atoms with Crippen LogP contribution < -0.4 is 4.90 Å². The summed E-state index contributed by atoms with van der Waals surface area (Å²) in [5.41, 5.74) is 3.51. The van der Waals surface area contributed by atoms with Gasteiger partial charge in [-0.3, -0.25) is 0 Å². The van der Waals surface area contributed by atoms with Crippen LogP contribution in [0.4, 0.5) is 16.4 Å². The topological polar surface area (TPSA) is 171 Å². The first-order valence-corrected chi connectivity index (χ1v) is 17.8. The van der Waals surface area contributed by atoms with Crippen molar-refractivity contribution in [1.82, 2.24) is 0 Å². The van der Waals surface area contributed by atoms with E-state index in [4.69, 9.17) is 28.4 Å². The van der Waals surface area contributed by atoms with E-state index in [1.807, 2.05) is 52.8 Å². The van der Waals surface area contributed by atoms with Crippen molar-refractivity contribution in [3.63, 3.8) is 0 Å². The van der Waals surface area contributed by atoms with Gasteiger partial charge in [-0.15, -0.1) is 21.6 Å². The number of aryl methyl sites for hydroxylation is 1. The lowest BCUT2D eigenvalue weighted by Gasteiger charge is -2.26. The van der Waals surface area contributed by atoms with Crippen LogP contribution >= 0.6 is 11.3 Å². The number of ether oxygens (including phenoxy) is 6. The average molecular weight is 718 g/mol. The van der Waals surface area contributed by atoms with Gasteiger partial charge in [0, 0.05) is 18.8 Å². The van der Waals surface area contributed by atoms with E-state index in [0.29, 0.717) is 79.4 Å². The summed E-state index contributed by atoms with van der Waals surface area (Å²) in [7, 11) is 0. The molecule has 13 nitrogen and oxygen atoms in total. The van der Waals surface area contributed by atoms with Crippen LogP contribution in [0, 0.1) is 36.5 Å². The number of nitrogens with zero attached hydrogens (tertiary/aromatic N) is 5. The number of hydrogen-bond acceptors (Lipinski definition) is 14. The van der Waals surface area contributed by atoms with Crippen LogP contribution in [0.25, 0.3) is 0 Å². The van der Waals surface area contributed by atoms with Crippen molar-refractivity contribution in [1.29, 1.82) is 10.5 Å². The largest absolute Gasteiger partial charge is 0.391 e. The van der Waals surface area contributed by atoms with Gasteiger partial charge in [0.05, 0.1) is 101 Å². The van der Waals surface area contributed by atoms with Gasteiger partial charge < -0.3 is 43.5 Å². The third-order valence-electron chi connectivity index (χ3n) is 7.33. The van der Waals surface area contributed by atoms with E-state index in [1.54, 1.807) is 20.8 Å². The van der Waals surface area contributed by atoms with Crippen LogP contribution in [0.1, 0.15) is 63.1 Å². The van der Waals surface area contributed by atoms with Crippen LogP contribution in [0.5, 0.6) is 0 Å². The van der Waals surface area contributed by atoms with Gasteiger partial charge in [0.15, 0.2) is 5.00 Å². The minimum absolute atomic E-state index is 0.129. The summed E-state index contributed by atoms with van der Waals surface area (Å²) < 4.78 is 34.8. The third kappa shape index (κ3) is 16.3. The van der Waals surface area contributed by atoms with Crippen LogP contribution in [0.2, 0.25) is 0 Å². The van der Waals surface area contributed by atoms with Gasteiger partial charge in [-0.2, -0.15) is 10.5 Å². The molecule has 0 aliphatic rings. The number of rotatable bonds is 25. The number of aliphatic hydroxyl groups is 2. The fourth-order valence-electron chi connectivity index (χ4n) is 4.47. The van der Waals surface area contributed by atoms with Crippen LogP contribution in [0.3, 0.4) is 0 Å². The molecule has 0 amide bonds. The van der Waals surface area contributed by atoms with Crippen LogP contribution in [-0.2, 0) is 28.4 Å². The maximum absolute atomic E-state index is 9.55. The molecule has 0 aliphatic heterocycles. The summed E-state index contributed by atoms with van der Waals surface area (Å²) in [5.74, 6) is 0. The Balaban J connectivity index is 2.00. The van der Waals surface area contributed by atoms with Crippen molar-refractivity contribution < 1.29 is 38.6 Å². The molecule has 0 bridgehead atoms. The molecule has 6 unspecified atom stereocenters. The van der Waals surface area contributed by atoms with Gasteiger partial charge in [0.2, 0.25) is 0 Å². The molecule has 0 saturated carbocycles. The second kappa shape index (κ2) is 23.5. The summed E-state index contributed by atoms with van der Waals surface area (Å²) in [5, 5.41) is 46.8. The number of nitriles is 2. The normalized spacial score (nSPS) is 15.3. The minimum Gasteiger partial charge on any atom is -0.391 e. The van der Waals surface area contributed by atoms with E-state index in [-0.39, 0.29) is 37.6 Å². The zero-order valence-corrected chi connectivity index (χ0v) is 31.6. The molecule has 2 N–H and O–H groups in total. The predicted molar refractivity (Wildman–Crippen MR) is 193 cm³/mol. The molecule has 2 rings (SSSR count). The molecule has 0 radical (unpaired) electrons. The highest BCUT2D eigenvalue weighted by Gasteiger charge is 2.16. The highest BCUT2D eigenvalue weighted by molar-refractivity contribution is 7.16. The Morgan fingerprint density at radius 3 is 1.68 bits per heavy atom. The molecule has 50 heavy (non-hydrogen) atoms. The van der Waals surface area contributed by atoms with Crippen molar-refractivity contribution in [2.24, 2.45) is 10.2 Å². The zero-order chi connectivity index (χ0) is 37.1. The van der Waals surface area contributed by atoms with E-state index in [2.05, 4.69) is 27.3 Å². The highest BCUT2D eigenvalue weighted by Crippen LogP contribution is 2.36. The van der Waals surface area contributed by atoms with E-state index >= 15 is 0 Å². The van der Waals surface area contributed by atoms with Gasteiger partial charge in [-0.05, 0) is 84.7 Å². The molecule has 0 fully saturated rings. The van der Waals surface area contributed by atoms with Gasteiger partial charge in [0.1, 0.15) is 17.0 Å². The average Bonchev–Trinajstić information content (AvgIpc) is 3.40. The van der Waals surface area contributed by atoms with Crippen molar-refractivity contribution in [2.75, 3.05) is 70.8 Å². The monoisotopic (exact) mass is 717 g/mol. The standard InChI is InChI=1S/C36H55N5O8S/c1-24-15-32(9-10-34(24)39-40-36-33(16-37)31(8)35(17-38)50-36)41(11-13-44-20-27(4)48-22-29(6)46-18-25(2)42)12-14-45-21-28(5)49-23-30(7)47-19-26(3)43/h9-10,15,25-30,42-43H,11-14,18-23H2,1-8H3/b40-39+. The molecular weight excluding hydrogens is 662 g/mol. The summed E-state index contributed by atoms with van der Waals surface area (Å²) in [4.78, 5) is 2.63. The quantitative estimate of drug-likeness (QED) is 0.0947. The lowest BCUT2D eigenvalue weighted by atomic mass is 10.1. The van der Waals surface area contributed by atoms with Gasteiger partial charge in [-0.1, -0.05) is 0 Å². The first kappa shape index (κ1) is 43.1. The highest BCUT2D eigenvalue weighted by atomic mass is 32.1. The molecule has 1 aromatic heterocycles. The fraction of sp³-hybridized carbons (Fsp3) is 0.667. The molecule has 2 aromatic rings. The Hall–Kier alpha value is -3.02. The Bertz CT molecular complexity index is 1350. The van der Waals surface area contributed by atoms with Crippen LogP contribution in [-0.4, -0.2) is 113 Å². The van der Waals surface area contributed by atoms with E-state index in [9.17, 15) is 20.7 Å². The summed E-state index contributed by atoms with van der Waals surface area (Å²) in [6.07, 6.45) is -1.56. The Morgan fingerprint density at radius 2 is 1.22 bits per heavy atom. The number of hydrogen-bond donors (Lipinski definition) is 2. The molecule has 278 valence electrons. The smallest absolute Gasteiger partial charge is 0.158 e. The number of aliphatic hydroxyl groups excluding tert-OH is 2. The van der Waals surface area contributed by atoms with Crippen molar-refractivity contribution in [3.05, 3.63) is 39.8 Å². The second-order valence-electron chi connectivity index (χ2n) is 12.5. The Morgan fingerprint density at radius 1 is 0.720 bits per heavy atom. The summed E-state index contributed by atoms with van der Waals surface area (Å²) >= 11 is 1.16. The lowest BCUT2D eigenvalue weighted by Crippen LogP contribution is -2.33. The Labute approximate surface area is 301 Å². The minimum atomic E-state index is -0.518. The maximum atomic E-state index is 9.55. The molecular formula is C36H55N5O8S. The van der Waals surface area contributed by atoms with E-state index in [1.165, 1.54) is 0 Å². The number of azo groups is 1. The van der Waals surface area contributed by atoms with Gasteiger partial charge >= 0.3 is 0 Å². The summed E-state index contributed by atoms with van der Waals surface area (Å²) in [6, 6.07) is 10.1. The first-order valence-electron chi connectivity index (χ1n) is 17.0. The summed E-state index contributed by atoms with van der Waals surface area (Å²) in [6.45, 7) is 19.1. The molecule has 6 atom stereocenters. The maximum Gasteiger partial charge on any atom is 0.158 e. The molecule has 14 heteroatoms. The number of benzene rings is 1. The fourth-order valence-corrected chi connectivity index (χ4v) is 5.35. The molecule has 1 aromatic carbocycles. The lowest BCUT2D eigenvalue weighted by molar-refractivity contribution is -0.0702. The molecule has 0 aliphatic carbocycles. The van der Waals surface area contributed by atoms with Crippen LogP contribution in [0.15, 0.2) is 28.4 Å². The zero-order valence-electron chi connectivity index (χ0n) is 30.8. The van der Waals surface area contributed by atoms with E-state index < -0.39 is 12.2 Å². The van der Waals surface area contributed by atoms with Gasteiger partial charge in [-0.25, -0.2) is 0 Å². The molecule has 1 heterocycles. The first-order chi connectivity index (χ1) is 23.8. The van der Waals surface area contributed by atoms with Crippen molar-refractivity contribution in [2.45, 2.75) is 92.0 Å². The Kier molecular flexibility index (Phi) is 20.2. The van der Waals surface area contributed by atoms with Crippen molar-refractivity contribution >= 4 is 27.7 Å². The second-order valence-corrected chi connectivity index (χ2v) is 13.5. The van der Waals surface area contributed by atoms with Gasteiger partial charge in [0.25, 0.3) is 0 Å². The number of anilines is 1. The molecule has 0 saturated heterocycles. The third-order valence-corrected chi connectivity index (χ3v) is 8.41. The van der Waals surface area contributed by atoms with Crippen molar-refractivity contribution in [3.8, 4) is 12.1 Å². The van der Waals surface area contributed by atoms with E-state index in [0.717, 1.165) is 22.6 Å².